The number of halogens is 2. The lowest BCUT2D eigenvalue weighted by Crippen LogP contribution is -1.85. The Morgan fingerprint density at radius 2 is 1.62 bits per heavy atom. The van der Waals surface area contributed by atoms with Crippen LogP contribution in [0.15, 0.2) is 15.3 Å². The molecule has 0 saturated heterocycles. The maximum atomic E-state index is 3.57. The van der Waals surface area contributed by atoms with E-state index in [9.17, 15) is 0 Å². The van der Waals surface area contributed by atoms with Crippen molar-refractivity contribution in [2.24, 2.45) is 0 Å². The fourth-order valence-electron chi connectivity index (χ4n) is 0.264. The van der Waals surface area contributed by atoms with Crippen LogP contribution >= 0.6 is 31.9 Å². The van der Waals surface area contributed by atoms with Crippen LogP contribution in [0.5, 0.6) is 0 Å². The van der Waals surface area contributed by atoms with Gasteiger partial charge in [0, 0.05) is 6.07 Å². The van der Waals surface area contributed by atoms with Gasteiger partial charge in [0.25, 0.3) is 0 Å². The molecule has 0 unspecified atom stereocenters. The summed E-state index contributed by atoms with van der Waals surface area (Å²) in [6.45, 7) is 0. The minimum Gasteiger partial charge on any atom is -0.123 e. The Hall–Kier alpha value is -0.0300. The summed E-state index contributed by atoms with van der Waals surface area (Å²) in [4.78, 5) is 0. The summed E-state index contributed by atoms with van der Waals surface area (Å²) < 4.78 is 1.36. The third-order valence-corrected chi connectivity index (χ3v) is 1.29. The predicted octanol–water partition coefficient (Wildman–Crippen LogP) is 1.40. The van der Waals surface area contributed by atoms with E-state index in [1.54, 1.807) is 6.07 Å². The van der Waals surface area contributed by atoms with Crippen molar-refractivity contribution in [1.29, 1.82) is 0 Å². The molecule has 0 aliphatic heterocycles. The van der Waals surface area contributed by atoms with Gasteiger partial charge in [-0.2, -0.15) is 0 Å². The van der Waals surface area contributed by atoms with E-state index in [0.717, 1.165) is 0 Å². The average molecular weight is 239 g/mol. The van der Waals surface area contributed by atoms with Gasteiger partial charge in [-0.3, -0.25) is 0 Å². The molecule has 0 spiro atoms. The van der Waals surface area contributed by atoms with Crippen LogP contribution in [0.25, 0.3) is 0 Å². The lowest BCUT2D eigenvalue weighted by Gasteiger charge is -1.83. The molecule has 0 saturated carbocycles. The summed E-state index contributed by atoms with van der Waals surface area (Å²) in [5.74, 6) is 0. The van der Waals surface area contributed by atoms with Gasteiger partial charge in [0.05, 0.1) is 0 Å². The zero-order valence-corrected chi connectivity index (χ0v) is 6.85. The van der Waals surface area contributed by atoms with Crippen LogP contribution in [-0.4, -0.2) is 15.4 Å². The number of nitrogens with zero attached hydrogens (tertiary/aromatic N) is 3. The zero-order valence-electron chi connectivity index (χ0n) is 3.67. The second-order valence-corrected chi connectivity index (χ2v) is 2.70. The molecule has 0 atom stereocenters. The molecular formula is C3HBr2N3. The number of rotatable bonds is 0. The maximum Gasteiger partial charge on any atom is 0.133 e. The Morgan fingerprint density at radius 1 is 1.12 bits per heavy atom. The van der Waals surface area contributed by atoms with Gasteiger partial charge in [0.1, 0.15) is 9.21 Å². The van der Waals surface area contributed by atoms with Gasteiger partial charge < -0.3 is 0 Å². The standard InChI is InChI=1S/C3HBr2N3/c4-2-1-3(5)7-8-6-2/h1H. The molecule has 0 N–H and O–H groups in total. The number of hydrogen-bond acceptors (Lipinski definition) is 3. The van der Waals surface area contributed by atoms with Crippen LogP contribution in [0.2, 0.25) is 0 Å². The molecule has 0 radical (unpaired) electrons. The molecule has 0 aliphatic rings. The zero-order chi connectivity index (χ0) is 5.98. The monoisotopic (exact) mass is 237 g/mol. The maximum absolute atomic E-state index is 3.57. The number of aromatic nitrogens is 3. The van der Waals surface area contributed by atoms with Crippen LogP contribution in [0.1, 0.15) is 0 Å². The topological polar surface area (TPSA) is 38.7 Å². The lowest BCUT2D eigenvalue weighted by atomic mass is 10.7. The molecule has 3 nitrogen and oxygen atoms in total. The van der Waals surface area contributed by atoms with Gasteiger partial charge in [-0.1, -0.05) is 0 Å². The summed E-state index contributed by atoms with van der Waals surface area (Å²) in [7, 11) is 0. The highest BCUT2D eigenvalue weighted by molar-refractivity contribution is 9.11. The van der Waals surface area contributed by atoms with Crippen molar-refractivity contribution >= 4 is 31.9 Å². The van der Waals surface area contributed by atoms with Gasteiger partial charge in [0.15, 0.2) is 0 Å². The molecule has 42 valence electrons. The van der Waals surface area contributed by atoms with Gasteiger partial charge in [-0.05, 0) is 37.1 Å². The Kier molecular flexibility index (Phi) is 1.90. The molecule has 0 amide bonds. The van der Waals surface area contributed by atoms with Crippen LogP contribution in [0, 0.1) is 0 Å². The summed E-state index contributed by atoms with van der Waals surface area (Å²) in [6.07, 6.45) is 0. The molecule has 0 fully saturated rings. The van der Waals surface area contributed by atoms with Gasteiger partial charge in [0.2, 0.25) is 0 Å². The van der Waals surface area contributed by atoms with Crippen LogP contribution in [0.3, 0.4) is 0 Å². The first-order valence-electron chi connectivity index (χ1n) is 1.80. The smallest absolute Gasteiger partial charge is 0.123 e. The highest BCUT2D eigenvalue weighted by Crippen LogP contribution is 2.08. The van der Waals surface area contributed by atoms with Gasteiger partial charge in [-0.15, -0.1) is 10.2 Å². The molecule has 1 aromatic heterocycles. The summed E-state index contributed by atoms with van der Waals surface area (Å²) in [5.41, 5.74) is 0. The van der Waals surface area contributed by atoms with Gasteiger partial charge >= 0.3 is 0 Å². The summed E-state index contributed by atoms with van der Waals surface area (Å²) in [5, 5.41) is 10.5. The Balaban J connectivity index is 3.08. The highest BCUT2D eigenvalue weighted by atomic mass is 79.9. The Labute approximate surface area is 62.8 Å². The molecule has 1 rings (SSSR count). The molecule has 0 aliphatic carbocycles. The van der Waals surface area contributed by atoms with Crippen molar-refractivity contribution in [3.05, 3.63) is 15.3 Å². The largest absolute Gasteiger partial charge is 0.133 e. The number of hydrogen-bond donors (Lipinski definition) is 0. The Bertz CT molecular complexity index is 172. The first kappa shape index (κ1) is 6.10. The quantitative estimate of drug-likeness (QED) is 0.686. The van der Waals surface area contributed by atoms with Crippen LogP contribution in [-0.2, 0) is 0 Å². The van der Waals surface area contributed by atoms with E-state index >= 15 is 0 Å². The first-order valence-corrected chi connectivity index (χ1v) is 3.39. The van der Waals surface area contributed by atoms with Crippen molar-refractivity contribution < 1.29 is 0 Å². The van der Waals surface area contributed by atoms with Gasteiger partial charge in [-0.25, -0.2) is 0 Å². The fourth-order valence-corrected chi connectivity index (χ4v) is 1.15. The lowest BCUT2D eigenvalue weighted by molar-refractivity contribution is 0.835. The van der Waals surface area contributed by atoms with E-state index in [2.05, 4.69) is 47.3 Å². The van der Waals surface area contributed by atoms with Crippen molar-refractivity contribution in [1.82, 2.24) is 15.4 Å². The minimum atomic E-state index is 0.680. The van der Waals surface area contributed by atoms with E-state index in [1.165, 1.54) is 0 Å². The molecule has 5 heteroatoms. The highest BCUT2D eigenvalue weighted by Gasteiger charge is 1.88. The fraction of sp³-hybridized carbons (Fsp3) is 0. The third kappa shape index (κ3) is 1.48. The van der Waals surface area contributed by atoms with Crippen molar-refractivity contribution in [2.75, 3.05) is 0 Å². The second-order valence-electron chi connectivity index (χ2n) is 1.08. The predicted molar refractivity (Wildman–Crippen MR) is 35.2 cm³/mol. The normalized spacial score (nSPS) is 9.25. The van der Waals surface area contributed by atoms with E-state index in [-0.39, 0.29) is 0 Å². The molecule has 0 bridgehead atoms. The molecule has 1 aromatic rings. The van der Waals surface area contributed by atoms with Crippen molar-refractivity contribution in [2.45, 2.75) is 0 Å². The molecular weight excluding hydrogens is 238 g/mol. The SMILES string of the molecule is Brc1cc(Br)nnn1. The molecule has 0 aromatic carbocycles. The molecule has 1 heterocycles. The van der Waals surface area contributed by atoms with Crippen LogP contribution < -0.4 is 0 Å². The summed E-state index contributed by atoms with van der Waals surface area (Å²) >= 11 is 6.24. The van der Waals surface area contributed by atoms with Crippen molar-refractivity contribution in [3.63, 3.8) is 0 Å². The van der Waals surface area contributed by atoms with E-state index < -0.39 is 0 Å². The Morgan fingerprint density at radius 3 is 1.88 bits per heavy atom. The van der Waals surface area contributed by atoms with E-state index in [0.29, 0.717) is 9.21 Å². The second kappa shape index (κ2) is 2.50. The summed E-state index contributed by atoms with van der Waals surface area (Å²) in [6, 6.07) is 1.72. The third-order valence-electron chi connectivity index (χ3n) is 0.519. The van der Waals surface area contributed by atoms with Crippen LogP contribution in [0.4, 0.5) is 0 Å². The van der Waals surface area contributed by atoms with E-state index in [4.69, 9.17) is 0 Å². The first-order chi connectivity index (χ1) is 3.79. The van der Waals surface area contributed by atoms with Crippen molar-refractivity contribution in [3.8, 4) is 0 Å². The minimum absolute atomic E-state index is 0.680. The van der Waals surface area contributed by atoms with E-state index in [1.807, 2.05) is 0 Å². The molecule has 8 heavy (non-hydrogen) atoms. The average Bonchev–Trinajstić information content (AvgIpc) is 1.64.